The molecule has 2 N–H and O–H groups in total. The fraction of sp³-hybridized carbons (Fsp3) is 0.800. The largest absolute Gasteiger partial charge is 0.410 e. The highest BCUT2D eigenvalue weighted by atomic mass is 32.2. The summed E-state index contributed by atoms with van der Waals surface area (Å²) in [5, 5.41) is 13.6. The first-order valence-electron chi connectivity index (χ1n) is 5.28. The van der Waals surface area contributed by atoms with Crippen LogP contribution >= 0.6 is 0 Å². The quantitative estimate of drug-likeness (QED) is 0.338. The number of nitrogens with zero attached hydrogens (tertiary/aromatic N) is 1. The number of oxime groups is 1. The highest BCUT2D eigenvalue weighted by Gasteiger charge is 2.41. The maximum Gasteiger partial charge on any atom is 0.230 e. The third kappa shape index (κ3) is 3.69. The molecule has 0 aromatic heterocycles. The Bertz CT molecular complexity index is 407. The minimum absolute atomic E-state index is 0.212. The Hall–Kier alpha value is -1.11. The molecule has 1 atom stereocenters. The Kier molecular flexibility index (Phi) is 5.12. The second kappa shape index (κ2) is 5.48. The standard InChI is InChI=1S/C10H20N2O4S/c1-6-17(15,16)9(12-14)7(8(13)11-5)10(2,3)4/h7,14H,6H2,1-5H3,(H,11,13). The van der Waals surface area contributed by atoms with Gasteiger partial charge in [-0.3, -0.25) is 4.79 Å². The molecule has 0 aromatic rings. The SMILES string of the molecule is CCS(=O)(=O)C(=NO)C(C(=O)NC)C(C)(C)C. The smallest absolute Gasteiger partial charge is 0.230 e. The molecular weight excluding hydrogens is 244 g/mol. The van der Waals surface area contributed by atoms with Crippen LogP contribution in [0.3, 0.4) is 0 Å². The molecule has 0 spiro atoms. The first-order valence-corrected chi connectivity index (χ1v) is 6.93. The molecule has 0 aliphatic heterocycles. The monoisotopic (exact) mass is 264 g/mol. The molecule has 1 unspecified atom stereocenters. The zero-order valence-corrected chi connectivity index (χ0v) is 11.6. The topological polar surface area (TPSA) is 95.8 Å². The number of hydrogen-bond acceptors (Lipinski definition) is 5. The molecule has 0 fully saturated rings. The second-order valence-electron chi connectivity index (χ2n) is 4.75. The number of carbonyl (C=O) groups is 1. The van der Waals surface area contributed by atoms with Crippen molar-refractivity contribution in [3.63, 3.8) is 0 Å². The molecule has 0 aromatic carbocycles. The molecule has 0 aliphatic rings. The Morgan fingerprint density at radius 1 is 1.41 bits per heavy atom. The second-order valence-corrected chi connectivity index (χ2v) is 6.98. The summed E-state index contributed by atoms with van der Waals surface area (Å²) in [5.41, 5.74) is -0.663. The Balaban J connectivity index is 5.71. The van der Waals surface area contributed by atoms with Crippen molar-refractivity contribution in [2.75, 3.05) is 12.8 Å². The first-order chi connectivity index (χ1) is 7.61. The lowest BCUT2D eigenvalue weighted by Gasteiger charge is -2.28. The maximum absolute atomic E-state index is 11.8. The summed E-state index contributed by atoms with van der Waals surface area (Å²) in [4.78, 5) is 11.8. The van der Waals surface area contributed by atoms with E-state index >= 15 is 0 Å². The molecule has 0 aliphatic carbocycles. The molecule has 7 heteroatoms. The average molecular weight is 264 g/mol. The van der Waals surface area contributed by atoms with E-state index in [-0.39, 0.29) is 5.75 Å². The van der Waals surface area contributed by atoms with Crippen molar-refractivity contribution in [1.82, 2.24) is 5.32 Å². The van der Waals surface area contributed by atoms with Crippen molar-refractivity contribution >= 4 is 20.8 Å². The summed E-state index contributed by atoms with van der Waals surface area (Å²) < 4.78 is 23.5. The van der Waals surface area contributed by atoms with Gasteiger partial charge < -0.3 is 10.5 Å². The summed E-state index contributed by atoms with van der Waals surface area (Å²) in [6.45, 7) is 6.57. The number of carbonyl (C=O) groups excluding carboxylic acids is 1. The van der Waals surface area contributed by atoms with Gasteiger partial charge in [-0.2, -0.15) is 0 Å². The van der Waals surface area contributed by atoms with E-state index in [1.807, 2.05) is 0 Å². The summed E-state index contributed by atoms with van der Waals surface area (Å²) >= 11 is 0. The average Bonchev–Trinajstić information content (AvgIpc) is 2.22. The fourth-order valence-corrected chi connectivity index (χ4v) is 2.71. The Morgan fingerprint density at radius 3 is 2.12 bits per heavy atom. The zero-order valence-electron chi connectivity index (χ0n) is 10.8. The van der Waals surface area contributed by atoms with Crippen LogP contribution in [0.15, 0.2) is 5.16 Å². The van der Waals surface area contributed by atoms with Crippen LogP contribution < -0.4 is 5.32 Å². The summed E-state index contributed by atoms with van der Waals surface area (Å²) in [6, 6.07) is 0. The van der Waals surface area contributed by atoms with Crippen molar-refractivity contribution in [3.05, 3.63) is 0 Å². The van der Waals surface area contributed by atoms with E-state index in [1.165, 1.54) is 14.0 Å². The van der Waals surface area contributed by atoms with Crippen molar-refractivity contribution in [3.8, 4) is 0 Å². The third-order valence-electron chi connectivity index (χ3n) is 2.42. The van der Waals surface area contributed by atoms with Crippen LogP contribution in [-0.2, 0) is 14.6 Å². The molecule has 0 radical (unpaired) electrons. The van der Waals surface area contributed by atoms with Crippen molar-refractivity contribution in [2.45, 2.75) is 27.7 Å². The number of sulfone groups is 1. The Morgan fingerprint density at radius 2 is 1.88 bits per heavy atom. The molecule has 1 amide bonds. The van der Waals surface area contributed by atoms with Crippen LogP contribution in [-0.4, -0.2) is 37.4 Å². The van der Waals surface area contributed by atoms with Gasteiger partial charge in [0.15, 0.2) is 14.9 Å². The van der Waals surface area contributed by atoms with Gasteiger partial charge in [-0.1, -0.05) is 32.9 Å². The minimum Gasteiger partial charge on any atom is -0.410 e. The lowest BCUT2D eigenvalue weighted by molar-refractivity contribution is -0.124. The van der Waals surface area contributed by atoms with Crippen LogP contribution in [0.25, 0.3) is 0 Å². The van der Waals surface area contributed by atoms with E-state index in [1.54, 1.807) is 20.8 Å². The summed E-state index contributed by atoms with van der Waals surface area (Å²) in [5.74, 6) is -1.71. The van der Waals surface area contributed by atoms with Crippen LogP contribution in [0.2, 0.25) is 0 Å². The summed E-state index contributed by atoms with van der Waals surface area (Å²) in [6.07, 6.45) is 0. The van der Waals surface area contributed by atoms with E-state index in [2.05, 4.69) is 10.5 Å². The van der Waals surface area contributed by atoms with Gasteiger partial charge in [-0.15, -0.1) is 0 Å². The van der Waals surface area contributed by atoms with Crippen molar-refractivity contribution in [2.24, 2.45) is 16.5 Å². The number of amides is 1. The van der Waals surface area contributed by atoms with E-state index in [4.69, 9.17) is 5.21 Å². The highest BCUT2D eigenvalue weighted by Crippen LogP contribution is 2.29. The van der Waals surface area contributed by atoms with Gasteiger partial charge in [0, 0.05) is 7.05 Å². The predicted molar refractivity (Wildman–Crippen MR) is 65.7 cm³/mol. The molecule has 0 bridgehead atoms. The van der Waals surface area contributed by atoms with Crippen molar-refractivity contribution in [1.29, 1.82) is 0 Å². The first kappa shape index (κ1) is 15.9. The van der Waals surface area contributed by atoms with Gasteiger partial charge in [0.25, 0.3) is 0 Å². The van der Waals surface area contributed by atoms with E-state index in [0.717, 1.165) is 0 Å². The minimum atomic E-state index is -3.71. The molecule has 6 nitrogen and oxygen atoms in total. The van der Waals surface area contributed by atoms with Gasteiger partial charge in [-0.05, 0) is 5.41 Å². The molecule has 17 heavy (non-hydrogen) atoms. The van der Waals surface area contributed by atoms with Gasteiger partial charge in [0.05, 0.1) is 11.7 Å². The number of hydrogen-bond donors (Lipinski definition) is 2. The maximum atomic E-state index is 11.8. The molecular formula is C10H20N2O4S. The van der Waals surface area contributed by atoms with Gasteiger partial charge in [0.2, 0.25) is 5.91 Å². The molecule has 0 saturated carbocycles. The molecule has 0 rings (SSSR count). The van der Waals surface area contributed by atoms with Gasteiger partial charge in [-0.25, -0.2) is 8.42 Å². The zero-order chi connectivity index (χ0) is 13.9. The van der Waals surface area contributed by atoms with Gasteiger partial charge >= 0.3 is 0 Å². The lowest BCUT2D eigenvalue weighted by atomic mass is 9.80. The van der Waals surface area contributed by atoms with Crippen LogP contribution in [0.5, 0.6) is 0 Å². The fourth-order valence-electron chi connectivity index (χ4n) is 1.47. The van der Waals surface area contributed by atoms with Crippen molar-refractivity contribution < 1.29 is 18.4 Å². The summed E-state index contributed by atoms with van der Waals surface area (Å²) in [7, 11) is -2.30. The third-order valence-corrected chi connectivity index (χ3v) is 4.13. The van der Waals surface area contributed by atoms with Crippen LogP contribution in [0.1, 0.15) is 27.7 Å². The predicted octanol–water partition coefficient (Wildman–Crippen LogP) is 0.617. The van der Waals surface area contributed by atoms with E-state index in [0.29, 0.717) is 0 Å². The Labute approximate surface area is 102 Å². The number of rotatable bonds is 3. The molecule has 100 valence electrons. The number of nitrogens with one attached hydrogen (secondary N) is 1. The molecule has 0 heterocycles. The van der Waals surface area contributed by atoms with Crippen LogP contribution in [0, 0.1) is 11.3 Å². The molecule has 0 saturated heterocycles. The normalized spacial score (nSPS) is 15.5. The van der Waals surface area contributed by atoms with Crippen LogP contribution in [0.4, 0.5) is 0 Å². The van der Waals surface area contributed by atoms with E-state index in [9.17, 15) is 13.2 Å². The van der Waals surface area contributed by atoms with E-state index < -0.39 is 32.1 Å². The highest BCUT2D eigenvalue weighted by molar-refractivity contribution is 8.06. The lowest BCUT2D eigenvalue weighted by Crippen LogP contribution is -2.44. The van der Waals surface area contributed by atoms with Gasteiger partial charge in [0.1, 0.15) is 0 Å².